The first-order chi connectivity index (χ1) is 18.4. The highest BCUT2D eigenvalue weighted by atomic mass is 35.5. The zero-order chi connectivity index (χ0) is 26.6. The zero-order valence-electron chi connectivity index (χ0n) is 21.9. The molecule has 1 saturated heterocycles. The molecule has 0 bridgehead atoms. The lowest BCUT2D eigenvalue weighted by Crippen LogP contribution is -2.35. The minimum atomic E-state index is -0.217. The first-order valence-electron chi connectivity index (χ1n) is 12.9. The van der Waals surface area contributed by atoms with E-state index in [4.69, 9.17) is 21.1 Å². The Balaban J connectivity index is 1.60. The van der Waals surface area contributed by atoms with E-state index in [0.717, 1.165) is 41.5 Å². The number of hydrogen-bond acceptors (Lipinski definition) is 7. The van der Waals surface area contributed by atoms with Gasteiger partial charge in [-0.15, -0.1) is 0 Å². The third-order valence-corrected chi connectivity index (χ3v) is 7.08. The van der Waals surface area contributed by atoms with Crippen LogP contribution in [0.15, 0.2) is 47.4 Å². The van der Waals surface area contributed by atoms with Crippen LogP contribution >= 0.6 is 11.6 Å². The number of pyridine rings is 1. The number of methoxy groups -OCH3 is 1. The van der Waals surface area contributed by atoms with E-state index in [1.165, 1.54) is 20.0 Å². The van der Waals surface area contributed by atoms with Gasteiger partial charge in [0, 0.05) is 17.6 Å². The van der Waals surface area contributed by atoms with Crippen LogP contribution < -0.4 is 25.7 Å². The molecule has 0 saturated carbocycles. The lowest BCUT2D eigenvalue weighted by atomic mass is 9.99. The molecule has 198 valence electrons. The lowest BCUT2D eigenvalue weighted by molar-refractivity contribution is 0.271. The van der Waals surface area contributed by atoms with Gasteiger partial charge in [-0.3, -0.25) is 4.79 Å². The van der Waals surface area contributed by atoms with E-state index in [1.807, 2.05) is 32.0 Å². The molecule has 1 fully saturated rings. The number of aryl methyl sites for hydroxylation is 2. The van der Waals surface area contributed by atoms with E-state index in [9.17, 15) is 4.79 Å². The standard InChI is InChI=1S/C29H32ClN5O3/c1-17-12-18(2)14-19(13-17)26-27(38-11-8-20-6-4-5-9-31-20)21-15-24(22(30)16-23(21)34-28(26)36)33-25-7-10-32-29(35-25)37-3/h7,10,12-16,20,31H,4-6,8-9,11H2,1-3H3,(H,34,36)(H,32,33,35)/t20-/m1/s1. The van der Waals surface area contributed by atoms with Gasteiger partial charge >= 0.3 is 6.01 Å². The smallest absolute Gasteiger partial charge is 0.318 e. The van der Waals surface area contributed by atoms with Crippen LogP contribution in [0.2, 0.25) is 5.02 Å². The first-order valence-corrected chi connectivity index (χ1v) is 13.3. The van der Waals surface area contributed by atoms with Crippen LogP contribution in [0.4, 0.5) is 11.5 Å². The molecule has 0 spiro atoms. The largest absolute Gasteiger partial charge is 0.492 e. The zero-order valence-corrected chi connectivity index (χ0v) is 22.6. The molecule has 9 heteroatoms. The van der Waals surface area contributed by atoms with Crippen molar-refractivity contribution in [2.75, 3.05) is 25.6 Å². The van der Waals surface area contributed by atoms with Crippen molar-refractivity contribution in [3.63, 3.8) is 0 Å². The minimum absolute atomic E-state index is 0.217. The fourth-order valence-electron chi connectivity index (χ4n) is 5.03. The summed E-state index contributed by atoms with van der Waals surface area (Å²) in [6.45, 7) is 5.58. The van der Waals surface area contributed by atoms with E-state index < -0.39 is 0 Å². The number of rotatable bonds is 8. The second-order valence-electron chi connectivity index (χ2n) is 9.75. The van der Waals surface area contributed by atoms with Crippen molar-refractivity contribution >= 4 is 34.0 Å². The Morgan fingerprint density at radius 3 is 2.68 bits per heavy atom. The normalized spacial score (nSPS) is 15.4. The van der Waals surface area contributed by atoms with E-state index in [-0.39, 0.29) is 11.6 Å². The van der Waals surface area contributed by atoms with Crippen molar-refractivity contribution in [1.82, 2.24) is 20.3 Å². The van der Waals surface area contributed by atoms with Crippen LogP contribution in [-0.2, 0) is 0 Å². The molecule has 4 aromatic rings. The minimum Gasteiger partial charge on any atom is -0.492 e. The van der Waals surface area contributed by atoms with Gasteiger partial charge in [-0.2, -0.15) is 4.98 Å². The Morgan fingerprint density at radius 1 is 1.13 bits per heavy atom. The summed E-state index contributed by atoms with van der Waals surface area (Å²) in [5.74, 6) is 1.08. The van der Waals surface area contributed by atoms with Crippen molar-refractivity contribution in [2.24, 2.45) is 0 Å². The number of aromatic nitrogens is 3. The van der Waals surface area contributed by atoms with Gasteiger partial charge in [0.25, 0.3) is 5.56 Å². The van der Waals surface area contributed by atoms with Crippen LogP contribution in [-0.4, -0.2) is 41.3 Å². The summed E-state index contributed by atoms with van der Waals surface area (Å²) >= 11 is 6.63. The molecule has 2 aromatic carbocycles. The summed E-state index contributed by atoms with van der Waals surface area (Å²) in [6.07, 6.45) is 6.03. The molecule has 1 atom stereocenters. The van der Waals surface area contributed by atoms with Crippen molar-refractivity contribution in [2.45, 2.75) is 45.6 Å². The van der Waals surface area contributed by atoms with Crippen LogP contribution in [0.3, 0.4) is 0 Å². The number of fused-ring (bicyclic) bond motifs is 1. The molecule has 3 heterocycles. The number of hydrogen-bond donors (Lipinski definition) is 3. The van der Waals surface area contributed by atoms with Gasteiger partial charge < -0.3 is 25.1 Å². The van der Waals surface area contributed by atoms with E-state index in [1.54, 1.807) is 18.3 Å². The van der Waals surface area contributed by atoms with Crippen molar-refractivity contribution in [1.29, 1.82) is 0 Å². The summed E-state index contributed by atoms with van der Waals surface area (Å²) in [5, 5.41) is 8.00. The van der Waals surface area contributed by atoms with Crippen molar-refractivity contribution in [3.8, 4) is 22.9 Å². The molecule has 3 N–H and O–H groups in total. The van der Waals surface area contributed by atoms with Crippen LogP contribution in [0.25, 0.3) is 22.0 Å². The van der Waals surface area contributed by atoms with Crippen molar-refractivity contribution < 1.29 is 9.47 Å². The average molecular weight is 534 g/mol. The quantitative estimate of drug-likeness (QED) is 0.258. The Morgan fingerprint density at radius 2 is 1.95 bits per heavy atom. The summed E-state index contributed by atoms with van der Waals surface area (Å²) in [7, 11) is 1.51. The van der Waals surface area contributed by atoms with Crippen LogP contribution in [0.1, 0.15) is 36.8 Å². The number of aromatic amines is 1. The predicted molar refractivity (Wildman–Crippen MR) is 152 cm³/mol. The maximum Gasteiger partial charge on any atom is 0.318 e. The fraction of sp³-hybridized carbons (Fsp3) is 0.345. The highest BCUT2D eigenvalue weighted by Gasteiger charge is 2.20. The second kappa shape index (κ2) is 11.4. The summed E-state index contributed by atoms with van der Waals surface area (Å²) in [5.41, 5.74) is 4.49. The molecule has 2 aromatic heterocycles. The molecule has 0 amide bonds. The molecule has 38 heavy (non-hydrogen) atoms. The topological polar surface area (TPSA) is 101 Å². The number of nitrogens with zero attached hydrogens (tertiary/aromatic N) is 2. The third-order valence-electron chi connectivity index (χ3n) is 6.77. The van der Waals surface area contributed by atoms with Gasteiger partial charge in [0.15, 0.2) is 0 Å². The Bertz CT molecular complexity index is 1490. The molecule has 5 rings (SSSR count). The van der Waals surface area contributed by atoms with Crippen molar-refractivity contribution in [3.05, 3.63) is 69.1 Å². The predicted octanol–water partition coefficient (Wildman–Crippen LogP) is 5.92. The SMILES string of the molecule is COc1nccc(Nc2cc3c(OCC[C@H]4CCCCN4)c(-c4cc(C)cc(C)c4)c(=O)[nH]c3cc2Cl)n1. The number of anilines is 2. The Kier molecular flexibility index (Phi) is 7.81. The number of ether oxygens (including phenoxy) is 2. The Hall–Kier alpha value is -3.62. The first kappa shape index (κ1) is 26.0. The number of H-pyrrole nitrogens is 1. The van der Waals surface area contributed by atoms with Gasteiger partial charge in [-0.1, -0.05) is 47.3 Å². The fourth-order valence-corrected chi connectivity index (χ4v) is 5.25. The molecular formula is C29H32ClN5O3. The van der Waals surface area contributed by atoms with E-state index in [2.05, 4.69) is 31.7 Å². The molecule has 0 aliphatic carbocycles. The molecule has 8 nitrogen and oxygen atoms in total. The second-order valence-corrected chi connectivity index (χ2v) is 10.2. The maximum absolute atomic E-state index is 13.5. The monoisotopic (exact) mass is 533 g/mol. The molecular weight excluding hydrogens is 502 g/mol. The molecule has 0 radical (unpaired) electrons. The van der Waals surface area contributed by atoms with Gasteiger partial charge in [0.05, 0.1) is 35.5 Å². The maximum atomic E-state index is 13.5. The van der Waals surface area contributed by atoms with Gasteiger partial charge in [-0.25, -0.2) is 4.98 Å². The summed E-state index contributed by atoms with van der Waals surface area (Å²) in [6, 6.07) is 12.1. The molecule has 1 aliphatic rings. The van der Waals surface area contributed by atoms with Crippen LogP contribution in [0.5, 0.6) is 11.8 Å². The summed E-state index contributed by atoms with van der Waals surface area (Å²) < 4.78 is 11.6. The number of benzene rings is 2. The van der Waals surface area contributed by atoms with E-state index >= 15 is 0 Å². The third kappa shape index (κ3) is 5.76. The average Bonchev–Trinajstić information content (AvgIpc) is 2.89. The summed E-state index contributed by atoms with van der Waals surface area (Å²) in [4.78, 5) is 24.9. The highest BCUT2D eigenvalue weighted by molar-refractivity contribution is 6.34. The lowest BCUT2D eigenvalue weighted by Gasteiger charge is -2.24. The molecule has 1 aliphatic heterocycles. The van der Waals surface area contributed by atoms with Gasteiger partial charge in [0.1, 0.15) is 11.6 Å². The van der Waals surface area contributed by atoms with Gasteiger partial charge in [0.2, 0.25) is 0 Å². The number of halogens is 1. The molecule has 0 unspecified atom stereocenters. The van der Waals surface area contributed by atoms with Crippen LogP contribution in [0, 0.1) is 13.8 Å². The Labute approximate surface area is 226 Å². The number of nitrogens with one attached hydrogen (secondary N) is 3. The van der Waals surface area contributed by atoms with Gasteiger partial charge in [-0.05, 0) is 63.4 Å². The van der Waals surface area contributed by atoms with E-state index in [0.29, 0.717) is 46.0 Å². The highest BCUT2D eigenvalue weighted by Crippen LogP contribution is 2.38. The number of piperidine rings is 1.